The van der Waals surface area contributed by atoms with Crippen LogP contribution in [0.2, 0.25) is 0 Å². The van der Waals surface area contributed by atoms with Crippen molar-refractivity contribution in [3.63, 3.8) is 0 Å². The van der Waals surface area contributed by atoms with Gasteiger partial charge < -0.3 is 11.1 Å². The topological polar surface area (TPSA) is 38.0 Å². The Kier molecular flexibility index (Phi) is 5.02. The van der Waals surface area contributed by atoms with Crippen LogP contribution in [0.15, 0.2) is 24.3 Å². The molecule has 3 N–H and O–H groups in total. The molecule has 0 heterocycles. The van der Waals surface area contributed by atoms with Crippen molar-refractivity contribution in [2.24, 2.45) is 5.73 Å². The van der Waals surface area contributed by atoms with E-state index in [0.717, 1.165) is 25.6 Å². The molecule has 17 heavy (non-hydrogen) atoms. The molecule has 2 heteroatoms. The molecule has 2 rings (SSSR count). The Labute approximate surface area is 105 Å². The Bertz CT molecular complexity index is 329. The molecule has 1 aliphatic carbocycles. The van der Waals surface area contributed by atoms with Crippen molar-refractivity contribution < 1.29 is 0 Å². The highest BCUT2D eigenvalue weighted by molar-refractivity contribution is 5.27. The van der Waals surface area contributed by atoms with Gasteiger partial charge in [-0.15, -0.1) is 0 Å². The lowest BCUT2D eigenvalue weighted by molar-refractivity contribution is 0.372. The standard InChI is InChI=1S/C15H24N2/c16-11-10-13-6-4-5-7-14(13)12-17-15-8-2-1-3-9-15/h4-7,15,17H,1-3,8-12,16H2. The van der Waals surface area contributed by atoms with Crippen molar-refractivity contribution >= 4 is 0 Å². The SMILES string of the molecule is NCCc1ccccc1CNC1CCCCC1. The van der Waals surface area contributed by atoms with Crippen LogP contribution in [0.3, 0.4) is 0 Å². The molecule has 0 saturated heterocycles. The van der Waals surface area contributed by atoms with E-state index in [-0.39, 0.29) is 0 Å². The lowest BCUT2D eigenvalue weighted by Gasteiger charge is -2.23. The largest absolute Gasteiger partial charge is 0.330 e. The van der Waals surface area contributed by atoms with E-state index in [1.54, 1.807) is 0 Å². The highest BCUT2D eigenvalue weighted by Gasteiger charge is 2.12. The lowest BCUT2D eigenvalue weighted by Crippen LogP contribution is -2.30. The summed E-state index contributed by atoms with van der Waals surface area (Å²) in [6, 6.07) is 9.38. The average molecular weight is 232 g/mol. The predicted octanol–water partition coefficient (Wildman–Crippen LogP) is 2.61. The monoisotopic (exact) mass is 232 g/mol. The van der Waals surface area contributed by atoms with E-state index in [9.17, 15) is 0 Å². The number of nitrogens with one attached hydrogen (secondary N) is 1. The number of rotatable bonds is 5. The van der Waals surface area contributed by atoms with Gasteiger partial charge in [0.15, 0.2) is 0 Å². The second-order valence-corrected chi connectivity index (χ2v) is 5.02. The molecular weight excluding hydrogens is 208 g/mol. The maximum atomic E-state index is 5.65. The fourth-order valence-electron chi connectivity index (χ4n) is 2.69. The fraction of sp³-hybridized carbons (Fsp3) is 0.600. The molecule has 0 amide bonds. The second-order valence-electron chi connectivity index (χ2n) is 5.02. The summed E-state index contributed by atoms with van der Waals surface area (Å²) >= 11 is 0. The maximum absolute atomic E-state index is 5.65. The summed E-state index contributed by atoms with van der Waals surface area (Å²) in [5.74, 6) is 0. The third-order valence-electron chi connectivity index (χ3n) is 3.72. The molecule has 1 aliphatic rings. The summed E-state index contributed by atoms with van der Waals surface area (Å²) in [5.41, 5.74) is 8.47. The zero-order valence-electron chi connectivity index (χ0n) is 10.6. The Morgan fingerprint density at radius 3 is 2.47 bits per heavy atom. The first-order valence-electron chi connectivity index (χ1n) is 6.90. The molecule has 0 bridgehead atoms. The first kappa shape index (κ1) is 12.6. The number of hydrogen-bond donors (Lipinski definition) is 2. The minimum Gasteiger partial charge on any atom is -0.330 e. The molecule has 0 spiro atoms. The minimum absolute atomic E-state index is 0.731. The van der Waals surface area contributed by atoms with Gasteiger partial charge in [0.25, 0.3) is 0 Å². The van der Waals surface area contributed by atoms with Gasteiger partial charge in [0.05, 0.1) is 0 Å². The Balaban J connectivity index is 1.88. The van der Waals surface area contributed by atoms with Crippen molar-refractivity contribution in [1.29, 1.82) is 0 Å². The number of hydrogen-bond acceptors (Lipinski definition) is 2. The lowest BCUT2D eigenvalue weighted by atomic mass is 9.95. The van der Waals surface area contributed by atoms with E-state index >= 15 is 0 Å². The second kappa shape index (κ2) is 6.77. The Morgan fingerprint density at radius 2 is 1.76 bits per heavy atom. The first-order valence-corrected chi connectivity index (χ1v) is 6.90. The smallest absolute Gasteiger partial charge is 0.0210 e. The Morgan fingerprint density at radius 1 is 1.06 bits per heavy atom. The fourth-order valence-corrected chi connectivity index (χ4v) is 2.69. The quantitative estimate of drug-likeness (QED) is 0.819. The zero-order valence-corrected chi connectivity index (χ0v) is 10.6. The zero-order chi connectivity index (χ0) is 11.9. The van der Waals surface area contributed by atoms with Crippen LogP contribution in [-0.4, -0.2) is 12.6 Å². The van der Waals surface area contributed by atoms with E-state index in [1.165, 1.54) is 43.2 Å². The van der Waals surface area contributed by atoms with Crippen LogP contribution in [-0.2, 0) is 13.0 Å². The van der Waals surface area contributed by atoms with Crippen molar-refractivity contribution in [2.45, 2.75) is 51.1 Å². The summed E-state index contributed by atoms with van der Waals surface area (Å²) < 4.78 is 0. The van der Waals surface area contributed by atoms with Crippen LogP contribution >= 0.6 is 0 Å². The molecule has 0 aliphatic heterocycles. The van der Waals surface area contributed by atoms with Crippen molar-refractivity contribution in [3.05, 3.63) is 35.4 Å². The first-order chi connectivity index (χ1) is 8.40. The third-order valence-corrected chi connectivity index (χ3v) is 3.72. The van der Waals surface area contributed by atoms with Crippen molar-refractivity contribution in [2.75, 3.05) is 6.54 Å². The van der Waals surface area contributed by atoms with Gasteiger partial charge in [0.1, 0.15) is 0 Å². The molecule has 1 aromatic rings. The maximum Gasteiger partial charge on any atom is 0.0210 e. The number of nitrogens with two attached hydrogens (primary N) is 1. The van der Waals surface area contributed by atoms with E-state index in [0.29, 0.717) is 0 Å². The third kappa shape index (κ3) is 3.83. The van der Waals surface area contributed by atoms with Crippen molar-refractivity contribution in [3.8, 4) is 0 Å². The average Bonchev–Trinajstić information content (AvgIpc) is 2.39. The van der Waals surface area contributed by atoms with Gasteiger partial charge >= 0.3 is 0 Å². The molecule has 0 atom stereocenters. The van der Waals surface area contributed by atoms with E-state index in [1.807, 2.05) is 0 Å². The molecule has 94 valence electrons. The van der Waals surface area contributed by atoms with Crippen LogP contribution in [0.5, 0.6) is 0 Å². The van der Waals surface area contributed by atoms with Crippen LogP contribution in [0, 0.1) is 0 Å². The van der Waals surface area contributed by atoms with Gasteiger partial charge in [0.2, 0.25) is 0 Å². The molecule has 0 unspecified atom stereocenters. The van der Waals surface area contributed by atoms with Crippen LogP contribution in [0.1, 0.15) is 43.2 Å². The van der Waals surface area contributed by atoms with E-state index in [2.05, 4.69) is 29.6 Å². The van der Waals surface area contributed by atoms with E-state index < -0.39 is 0 Å². The van der Waals surface area contributed by atoms with Crippen LogP contribution < -0.4 is 11.1 Å². The summed E-state index contributed by atoms with van der Waals surface area (Å²) in [6.45, 7) is 1.74. The van der Waals surface area contributed by atoms with Crippen LogP contribution in [0.25, 0.3) is 0 Å². The Hall–Kier alpha value is -0.860. The highest BCUT2D eigenvalue weighted by Crippen LogP contribution is 2.18. The van der Waals surface area contributed by atoms with Crippen LogP contribution in [0.4, 0.5) is 0 Å². The highest BCUT2D eigenvalue weighted by atomic mass is 14.9. The summed E-state index contributed by atoms with van der Waals surface area (Å²) in [4.78, 5) is 0. The number of benzene rings is 1. The normalized spacial score (nSPS) is 17.2. The molecular formula is C15H24N2. The van der Waals surface area contributed by atoms with Gasteiger partial charge in [-0.05, 0) is 36.9 Å². The summed E-state index contributed by atoms with van der Waals surface area (Å²) in [7, 11) is 0. The van der Waals surface area contributed by atoms with Gasteiger partial charge in [0, 0.05) is 12.6 Å². The molecule has 0 aromatic heterocycles. The molecule has 0 radical (unpaired) electrons. The predicted molar refractivity (Wildman–Crippen MR) is 72.9 cm³/mol. The molecule has 1 aromatic carbocycles. The molecule has 2 nitrogen and oxygen atoms in total. The minimum atomic E-state index is 0.731. The van der Waals surface area contributed by atoms with Gasteiger partial charge in [-0.2, -0.15) is 0 Å². The van der Waals surface area contributed by atoms with Crippen molar-refractivity contribution in [1.82, 2.24) is 5.32 Å². The van der Waals surface area contributed by atoms with Gasteiger partial charge in [-0.25, -0.2) is 0 Å². The molecule has 1 saturated carbocycles. The summed E-state index contributed by atoms with van der Waals surface area (Å²) in [6.07, 6.45) is 7.88. The van der Waals surface area contributed by atoms with Gasteiger partial charge in [-0.3, -0.25) is 0 Å². The van der Waals surface area contributed by atoms with Gasteiger partial charge in [-0.1, -0.05) is 43.5 Å². The summed E-state index contributed by atoms with van der Waals surface area (Å²) in [5, 5.41) is 3.70. The molecule has 1 fully saturated rings. The van der Waals surface area contributed by atoms with E-state index in [4.69, 9.17) is 5.73 Å².